The lowest BCUT2D eigenvalue weighted by Gasteiger charge is -2.24. The van der Waals surface area contributed by atoms with E-state index in [1.165, 1.54) is 47.9 Å². The van der Waals surface area contributed by atoms with Crippen LogP contribution in [0.5, 0.6) is 0 Å². The Morgan fingerprint density at radius 2 is 2.05 bits per heavy atom. The molecule has 112 valence electrons. The van der Waals surface area contributed by atoms with Crippen molar-refractivity contribution in [2.45, 2.75) is 51.5 Å². The van der Waals surface area contributed by atoms with Gasteiger partial charge in [-0.2, -0.15) is 0 Å². The number of anilines is 1. The summed E-state index contributed by atoms with van der Waals surface area (Å²) in [5.41, 5.74) is 1.49. The number of fused-ring (bicyclic) bond motifs is 3. The van der Waals surface area contributed by atoms with E-state index in [0.717, 1.165) is 22.9 Å². The van der Waals surface area contributed by atoms with Crippen molar-refractivity contribution in [2.24, 2.45) is 0 Å². The van der Waals surface area contributed by atoms with E-state index in [0.29, 0.717) is 12.6 Å². The van der Waals surface area contributed by atoms with E-state index in [1.54, 1.807) is 0 Å². The second-order valence-corrected chi connectivity index (χ2v) is 7.22. The predicted molar refractivity (Wildman–Crippen MR) is 86.2 cm³/mol. The first kappa shape index (κ1) is 13.5. The van der Waals surface area contributed by atoms with Crippen LogP contribution in [0.15, 0.2) is 0 Å². The maximum Gasteiger partial charge on any atom is 0.141 e. The maximum absolute atomic E-state index is 9.42. The smallest absolute Gasteiger partial charge is 0.141 e. The van der Waals surface area contributed by atoms with Crippen LogP contribution in [-0.4, -0.2) is 34.3 Å². The molecule has 0 amide bonds. The quantitative estimate of drug-likeness (QED) is 0.943. The number of thiophene rings is 1. The average Bonchev–Trinajstić information content (AvgIpc) is 3.24. The molecule has 0 spiro atoms. The molecule has 2 aliphatic carbocycles. The van der Waals surface area contributed by atoms with Crippen LogP contribution in [0.1, 0.15) is 41.9 Å². The molecule has 1 saturated carbocycles. The van der Waals surface area contributed by atoms with E-state index >= 15 is 0 Å². The summed E-state index contributed by atoms with van der Waals surface area (Å²) in [5, 5.41) is 10.7. The van der Waals surface area contributed by atoms with Gasteiger partial charge in [-0.1, -0.05) is 0 Å². The number of aliphatic hydroxyl groups excluding tert-OH is 1. The van der Waals surface area contributed by atoms with Crippen molar-refractivity contribution >= 4 is 27.4 Å². The second-order valence-electron chi connectivity index (χ2n) is 6.13. The number of aryl methyl sites for hydroxylation is 3. The first-order valence-corrected chi connectivity index (χ1v) is 8.76. The topological polar surface area (TPSA) is 49.2 Å². The minimum atomic E-state index is 0.188. The number of aromatic nitrogens is 2. The molecule has 0 aromatic carbocycles. The molecule has 2 aromatic rings. The van der Waals surface area contributed by atoms with Crippen LogP contribution >= 0.6 is 11.3 Å². The molecule has 21 heavy (non-hydrogen) atoms. The van der Waals surface area contributed by atoms with Crippen LogP contribution in [-0.2, 0) is 12.8 Å². The average molecular weight is 303 g/mol. The highest BCUT2D eigenvalue weighted by Gasteiger charge is 2.32. The molecule has 2 aromatic heterocycles. The number of aliphatic hydroxyl groups is 1. The summed E-state index contributed by atoms with van der Waals surface area (Å²) in [5.74, 6) is 1.92. The third-order valence-corrected chi connectivity index (χ3v) is 5.69. The van der Waals surface area contributed by atoms with E-state index in [9.17, 15) is 5.11 Å². The second kappa shape index (κ2) is 5.21. The van der Waals surface area contributed by atoms with E-state index in [1.807, 2.05) is 18.3 Å². The van der Waals surface area contributed by atoms with Gasteiger partial charge in [0.1, 0.15) is 16.5 Å². The van der Waals surface area contributed by atoms with Crippen LogP contribution in [0.3, 0.4) is 0 Å². The number of hydrogen-bond donors (Lipinski definition) is 1. The van der Waals surface area contributed by atoms with Crippen LogP contribution in [0.4, 0.5) is 5.82 Å². The zero-order valence-corrected chi connectivity index (χ0v) is 13.2. The van der Waals surface area contributed by atoms with Crippen molar-refractivity contribution in [3.63, 3.8) is 0 Å². The lowest BCUT2D eigenvalue weighted by Crippen LogP contribution is -2.30. The molecular weight excluding hydrogens is 282 g/mol. The molecule has 1 N–H and O–H groups in total. The Bertz CT molecular complexity index is 678. The van der Waals surface area contributed by atoms with Gasteiger partial charge in [0, 0.05) is 17.5 Å². The molecule has 0 unspecified atom stereocenters. The van der Waals surface area contributed by atoms with Crippen molar-refractivity contribution in [3.05, 3.63) is 16.3 Å². The molecule has 4 nitrogen and oxygen atoms in total. The fourth-order valence-electron chi connectivity index (χ4n) is 3.41. The van der Waals surface area contributed by atoms with Gasteiger partial charge in [0.25, 0.3) is 0 Å². The SMILES string of the molecule is Cc1nc(N(CCO)C2CC2)c2c3c(sc2n1)CCCC3. The van der Waals surface area contributed by atoms with Crippen molar-refractivity contribution in [1.82, 2.24) is 9.97 Å². The van der Waals surface area contributed by atoms with E-state index in [-0.39, 0.29) is 6.61 Å². The molecule has 0 bridgehead atoms. The summed E-state index contributed by atoms with van der Waals surface area (Å²) < 4.78 is 0. The lowest BCUT2D eigenvalue weighted by molar-refractivity contribution is 0.301. The Balaban J connectivity index is 1.91. The summed E-state index contributed by atoms with van der Waals surface area (Å²) in [7, 11) is 0. The summed E-state index contributed by atoms with van der Waals surface area (Å²) >= 11 is 1.86. The van der Waals surface area contributed by atoms with Gasteiger partial charge in [0.05, 0.1) is 12.0 Å². The van der Waals surface area contributed by atoms with E-state index in [4.69, 9.17) is 4.98 Å². The summed E-state index contributed by atoms with van der Waals surface area (Å²) in [6.07, 6.45) is 7.36. The fraction of sp³-hybridized carbons (Fsp3) is 0.625. The third kappa shape index (κ3) is 2.32. The largest absolute Gasteiger partial charge is 0.395 e. The minimum Gasteiger partial charge on any atom is -0.395 e. The number of hydrogen-bond acceptors (Lipinski definition) is 5. The Morgan fingerprint density at radius 3 is 2.81 bits per heavy atom. The molecule has 0 saturated heterocycles. The van der Waals surface area contributed by atoms with Gasteiger partial charge in [-0.3, -0.25) is 0 Å². The Labute approximate surface area is 128 Å². The van der Waals surface area contributed by atoms with Gasteiger partial charge in [-0.25, -0.2) is 9.97 Å². The molecule has 5 heteroatoms. The highest BCUT2D eigenvalue weighted by molar-refractivity contribution is 7.19. The van der Waals surface area contributed by atoms with Gasteiger partial charge >= 0.3 is 0 Å². The van der Waals surface area contributed by atoms with Gasteiger partial charge in [0.15, 0.2) is 0 Å². The van der Waals surface area contributed by atoms with Crippen LogP contribution in [0.2, 0.25) is 0 Å². The molecule has 0 aliphatic heterocycles. The molecule has 2 aliphatic rings. The van der Waals surface area contributed by atoms with Gasteiger partial charge < -0.3 is 10.0 Å². The standard InChI is InChI=1S/C16H21N3OS/c1-10-17-15(19(8-9-20)11-6-7-11)14-12-4-2-3-5-13(12)21-16(14)18-10/h11,20H,2-9H2,1H3. The maximum atomic E-state index is 9.42. The monoisotopic (exact) mass is 303 g/mol. The summed E-state index contributed by atoms with van der Waals surface area (Å²) in [4.78, 5) is 14.4. The predicted octanol–water partition coefficient (Wildman–Crippen LogP) is 2.84. The summed E-state index contributed by atoms with van der Waals surface area (Å²) in [6, 6.07) is 0.564. The molecular formula is C16H21N3OS. The van der Waals surface area contributed by atoms with Crippen LogP contribution < -0.4 is 4.90 Å². The van der Waals surface area contributed by atoms with Gasteiger partial charge in [-0.05, 0) is 51.0 Å². The molecule has 2 heterocycles. The zero-order valence-electron chi connectivity index (χ0n) is 12.4. The number of nitrogens with zero attached hydrogens (tertiary/aromatic N) is 3. The first-order valence-electron chi connectivity index (χ1n) is 7.94. The molecule has 1 fully saturated rings. The lowest BCUT2D eigenvalue weighted by atomic mass is 9.97. The van der Waals surface area contributed by atoms with Crippen molar-refractivity contribution < 1.29 is 5.11 Å². The first-order chi connectivity index (χ1) is 10.3. The van der Waals surface area contributed by atoms with Gasteiger partial charge in [0.2, 0.25) is 0 Å². The molecule has 0 radical (unpaired) electrons. The van der Waals surface area contributed by atoms with E-state index < -0.39 is 0 Å². The number of rotatable bonds is 4. The van der Waals surface area contributed by atoms with Crippen molar-refractivity contribution in [1.29, 1.82) is 0 Å². The zero-order chi connectivity index (χ0) is 14.4. The van der Waals surface area contributed by atoms with Gasteiger partial charge in [-0.15, -0.1) is 11.3 Å². The normalized spacial score (nSPS) is 18.0. The van der Waals surface area contributed by atoms with Crippen molar-refractivity contribution in [3.8, 4) is 0 Å². The van der Waals surface area contributed by atoms with Crippen LogP contribution in [0.25, 0.3) is 10.2 Å². The highest BCUT2D eigenvalue weighted by Crippen LogP contribution is 2.42. The highest BCUT2D eigenvalue weighted by atomic mass is 32.1. The molecule has 0 atom stereocenters. The summed E-state index contributed by atoms with van der Waals surface area (Å²) in [6.45, 7) is 2.85. The van der Waals surface area contributed by atoms with E-state index in [2.05, 4.69) is 9.88 Å². The van der Waals surface area contributed by atoms with Crippen LogP contribution in [0, 0.1) is 6.92 Å². The third-order valence-electron chi connectivity index (χ3n) is 4.51. The Kier molecular flexibility index (Phi) is 3.34. The molecule has 4 rings (SSSR count). The Hall–Kier alpha value is -1.20. The minimum absolute atomic E-state index is 0.188. The van der Waals surface area contributed by atoms with Crippen molar-refractivity contribution in [2.75, 3.05) is 18.1 Å². The Morgan fingerprint density at radius 1 is 1.24 bits per heavy atom. The fourth-order valence-corrected chi connectivity index (χ4v) is 4.71.